The maximum Gasteiger partial charge on any atom is 0.249 e. The van der Waals surface area contributed by atoms with Crippen molar-refractivity contribution in [2.75, 3.05) is 11.9 Å². The summed E-state index contributed by atoms with van der Waals surface area (Å²) in [6.45, 7) is 2.19. The summed E-state index contributed by atoms with van der Waals surface area (Å²) >= 11 is 0. The van der Waals surface area contributed by atoms with Crippen LogP contribution < -0.4 is 15.5 Å². The van der Waals surface area contributed by atoms with Crippen molar-refractivity contribution in [3.8, 4) is 11.5 Å². The molecule has 2 amide bonds. The van der Waals surface area contributed by atoms with Crippen molar-refractivity contribution in [3.05, 3.63) is 53.8 Å². The largest absolute Gasteiger partial charge is 0.504 e. The van der Waals surface area contributed by atoms with Crippen LogP contribution in [0.1, 0.15) is 18.9 Å². The molecule has 0 aliphatic heterocycles. The van der Waals surface area contributed by atoms with E-state index >= 15 is 0 Å². The lowest BCUT2D eigenvalue weighted by molar-refractivity contribution is -0.126. The summed E-state index contributed by atoms with van der Waals surface area (Å²) in [6, 6.07) is 9.80. The van der Waals surface area contributed by atoms with Gasteiger partial charge in [-0.1, -0.05) is 0 Å². The third kappa shape index (κ3) is 5.90. The molecule has 0 aliphatic carbocycles. The third-order valence-electron chi connectivity index (χ3n) is 3.14. The normalized spacial score (nSPS) is 10.5. The van der Waals surface area contributed by atoms with Crippen LogP contribution in [0.25, 0.3) is 0 Å². The first-order chi connectivity index (χ1) is 12.5. The summed E-state index contributed by atoms with van der Waals surface area (Å²) in [4.78, 5) is 23.4. The quantitative estimate of drug-likeness (QED) is 0.401. The number of ether oxygens (including phenoxy) is 1. The number of hydrogen-bond donors (Lipinski definition) is 3. The number of halogens is 1. The molecule has 0 aliphatic rings. The Balaban J connectivity index is 1.84. The zero-order chi connectivity index (χ0) is 18.9. The highest BCUT2D eigenvalue weighted by atomic mass is 19.1. The van der Waals surface area contributed by atoms with Crippen molar-refractivity contribution in [1.29, 1.82) is 0 Å². The molecule has 0 atom stereocenters. The number of nitrogens with zero attached hydrogens (tertiary/aromatic N) is 1. The van der Waals surface area contributed by atoms with Crippen LogP contribution in [0.2, 0.25) is 0 Å². The highest BCUT2D eigenvalue weighted by molar-refractivity contribution is 6.03. The number of aromatic hydroxyl groups is 1. The standard InChI is InChI=1S/C18H18FN3O4/c1-2-26-16-9-12(3-8-15(16)23)11-20-22-18(25)10-17(24)21-14-6-4-13(19)5-7-14/h3-9,11,23H,2,10H2,1H3,(H,21,24)(H,22,25). The van der Waals surface area contributed by atoms with E-state index in [2.05, 4.69) is 15.8 Å². The molecule has 2 rings (SSSR count). The first kappa shape index (κ1) is 18.9. The SMILES string of the molecule is CCOc1cc(C=NNC(=O)CC(=O)Nc2ccc(F)cc2)ccc1O. The lowest BCUT2D eigenvalue weighted by Gasteiger charge is -2.06. The summed E-state index contributed by atoms with van der Waals surface area (Å²) in [6.07, 6.45) is 0.923. The molecule has 26 heavy (non-hydrogen) atoms. The Morgan fingerprint density at radius 3 is 2.62 bits per heavy atom. The summed E-state index contributed by atoms with van der Waals surface area (Å²) in [5, 5.41) is 15.8. The Morgan fingerprint density at radius 1 is 1.19 bits per heavy atom. The topological polar surface area (TPSA) is 100 Å². The number of benzene rings is 2. The van der Waals surface area contributed by atoms with Crippen LogP contribution in [0.15, 0.2) is 47.6 Å². The molecule has 7 nitrogen and oxygen atoms in total. The molecule has 0 bridgehead atoms. The van der Waals surface area contributed by atoms with Crippen molar-refractivity contribution in [2.24, 2.45) is 5.10 Å². The minimum atomic E-state index is -0.607. The van der Waals surface area contributed by atoms with Crippen LogP contribution in [-0.4, -0.2) is 29.7 Å². The molecule has 0 radical (unpaired) electrons. The third-order valence-corrected chi connectivity index (χ3v) is 3.14. The van der Waals surface area contributed by atoms with Gasteiger partial charge in [0.25, 0.3) is 0 Å². The Bertz CT molecular complexity index is 807. The van der Waals surface area contributed by atoms with Gasteiger partial charge in [-0.25, -0.2) is 9.82 Å². The monoisotopic (exact) mass is 359 g/mol. The van der Waals surface area contributed by atoms with Gasteiger partial charge in [-0.2, -0.15) is 5.10 Å². The van der Waals surface area contributed by atoms with Gasteiger partial charge in [0.1, 0.15) is 12.2 Å². The molecule has 0 saturated carbocycles. The fraction of sp³-hybridized carbons (Fsp3) is 0.167. The minimum absolute atomic E-state index is 0.00509. The fourth-order valence-electron chi connectivity index (χ4n) is 1.98. The fourth-order valence-corrected chi connectivity index (χ4v) is 1.98. The predicted octanol–water partition coefficient (Wildman–Crippen LogP) is 2.41. The molecule has 0 spiro atoms. The number of hydrogen-bond acceptors (Lipinski definition) is 5. The molecule has 2 aromatic carbocycles. The first-order valence-electron chi connectivity index (χ1n) is 7.81. The van der Waals surface area contributed by atoms with E-state index in [0.29, 0.717) is 23.6 Å². The van der Waals surface area contributed by atoms with E-state index in [0.717, 1.165) is 0 Å². The highest BCUT2D eigenvalue weighted by Gasteiger charge is 2.09. The van der Waals surface area contributed by atoms with Crippen LogP contribution in [0.3, 0.4) is 0 Å². The van der Waals surface area contributed by atoms with E-state index in [-0.39, 0.29) is 5.75 Å². The molecule has 0 fully saturated rings. The zero-order valence-electron chi connectivity index (χ0n) is 14.0. The van der Waals surface area contributed by atoms with Gasteiger partial charge < -0.3 is 15.2 Å². The average molecular weight is 359 g/mol. The molecular weight excluding hydrogens is 341 g/mol. The summed E-state index contributed by atoms with van der Waals surface area (Å²) in [7, 11) is 0. The molecule has 3 N–H and O–H groups in total. The minimum Gasteiger partial charge on any atom is -0.504 e. The van der Waals surface area contributed by atoms with Gasteiger partial charge in [-0.05, 0) is 55.0 Å². The Kier molecular flexibility index (Phi) is 6.67. The lowest BCUT2D eigenvalue weighted by atomic mass is 10.2. The van der Waals surface area contributed by atoms with Crippen molar-refractivity contribution in [1.82, 2.24) is 5.43 Å². The Morgan fingerprint density at radius 2 is 1.92 bits per heavy atom. The number of nitrogens with one attached hydrogen (secondary N) is 2. The number of rotatable bonds is 7. The average Bonchev–Trinajstić information content (AvgIpc) is 2.60. The number of hydrazone groups is 1. The van der Waals surface area contributed by atoms with E-state index in [9.17, 15) is 19.1 Å². The number of carbonyl (C=O) groups is 2. The van der Waals surface area contributed by atoms with Crippen LogP contribution in [0, 0.1) is 5.82 Å². The summed E-state index contributed by atoms with van der Waals surface area (Å²) in [5.41, 5.74) is 3.22. The molecule has 0 unspecified atom stereocenters. The van der Waals surface area contributed by atoms with Gasteiger partial charge in [0, 0.05) is 5.69 Å². The first-order valence-corrected chi connectivity index (χ1v) is 7.81. The van der Waals surface area contributed by atoms with Gasteiger partial charge in [0.2, 0.25) is 11.8 Å². The van der Waals surface area contributed by atoms with E-state index in [1.54, 1.807) is 19.1 Å². The van der Waals surface area contributed by atoms with Gasteiger partial charge >= 0.3 is 0 Å². The molecule has 0 heterocycles. The van der Waals surface area contributed by atoms with Gasteiger partial charge in [0.15, 0.2) is 11.5 Å². The lowest BCUT2D eigenvalue weighted by Crippen LogP contribution is -2.24. The highest BCUT2D eigenvalue weighted by Crippen LogP contribution is 2.26. The molecule has 136 valence electrons. The predicted molar refractivity (Wildman–Crippen MR) is 94.7 cm³/mol. The van der Waals surface area contributed by atoms with Gasteiger partial charge in [-0.15, -0.1) is 0 Å². The number of carbonyl (C=O) groups excluding carboxylic acids is 2. The number of amides is 2. The molecule has 8 heteroatoms. The summed E-state index contributed by atoms with van der Waals surface area (Å²) in [5.74, 6) is -1.26. The van der Waals surface area contributed by atoms with Crippen molar-refractivity contribution < 1.29 is 23.8 Å². The second kappa shape index (κ2) is 9.16. The van der Waals surface area contributed by atoms with Gasteiger partial charge in [-0.3, -0.25) is 9.59 Å². The maximum atomic E-state index is 12.8. The Labute approximate surface area is 149 Å². The summed E-state index contributed by atoms with van der Waals surface area (Å²) < 4.78 is 18.0. The number of phenolic OH excluding ortho intramolecular Hbond substituents is 1. The van der Waals surface area contributed by atoms with E-state index in [4.69, 9.17) is 4.74 Å². The molecule has 2 aromatic rings. The Hall–Kier alpha value is -3.42. The van der Waals surface area contributed by atoms with Gasteiger partial charge in [0.05, 0.1) is 12.8 Å². The molecule has 0 aromatic heterocycles. The number of phenols is 1. The van der Waals surface area contributed by atoms with Crippen molar-refractivity contribution in [3.63, 3.8) is 0 Å². The second-order valence-corrected chi connectivity index (χ2v) is 5.19. The smallest absolute Gasteiger partial charge is 0.249 e. The number of anilines is 1. The van der Waals surface area contributed by atoms with E-state index < -0.39 is 24.1 Å². The van der Waals surface area contributed by atoms with Crippen LogP contribution >= 0.6 is 0 Å². The molecular formula is C18H18FN3O4. The second-order valence-electron chi connectivity index (χ2n) is 5.19. The maximum absolute atomic E-state index is 12.8. The van der Waals surface area contributed by atoms with Crippen molar-refractivity contribution >= 4 is 23.7 Å². The zero-order valence-corrected chi connectivity index (χ0v) is 14.0. The van der Waals surface area contributed by atoms with E-state index in [1.165, 1.54) is 36.5 Å². The van der Waals surface area contributed by atoms with Crippen molar-refractivity contribution in [2.45, 2.75) is 13.3 Å². The van der Waals surface area contributed by atoms with Crippen LogP contribution in [0.5, 0.6) is 11.5 Å². The van der Waals surface area contributed by atoms with E-state index in [1.807, 2.05) is 0 Å². The van der Waals surface area contributed by atoms with Crippen LogP contribution in [0.4, 0.5) is 10.1 Å². The van der Waals surface area contributed by atoms with Crippen LogP contribution in [-0.2, 0) is 9.59 Å². The molecule has 0 saturated heterocycles.